The lowest BCUT2D eigenvalue weighted by Gasteiger charge is -2.22. The molecule has 0 heterocycles. The van der Waals surface area contributed by atoms with Gasteiger partial charge in [0, 0.05) is 6.54 Å². The zero-order valence-electron chi connectivity index (χ0n) is 13.9. The normalized spacial score (nSPS) is 14.0. The number of hydrogen-bond acceptors (Lipinski definition) is 4. The van der Waals surface area contributed by atoms with Gasteiger partial charge in [-0.25, -0.2) is 0 Å². The first kappa shape index (κ1) is 17.8. The number of aliphatic hydroxyl groups is 1. The lowest BCUT2D eigenvalue weighted by molar-refractivity contribution is 0.00772. The highest BCUT2D eigenvalue weighted by Crippen LogP contribution is 2.29. The number of hydrogen-bond donors (Lipinski definition) is 2. The molecule has 4 nitrogen and oxygen atoms in total. The van der Waals surface area contributed by atoms with Crippen LogP contribution in [0.5, 0.6) is 11.5 Å². The highest BCUT2D eigenvalue weighted by Gasteiger charge is 2.19. The minimum absolute atomic E-state index is 0.253. The van der Waals surface area contributed by atoms with Gasteiger partial charge in [0.1, 0.15) is 6.61 Å². The van der Waals surface area contributed by atoms with Gasteiger partial charge in [-0.1, -0.05) is 26.8 Å². The number of benzene rings is 1. The molecule has 0 aliphatic heterocycles. The molecule has 0 saturated carbocycles. The second-order valence-corrected chi connectivity index (χ2v) is 6.15. The third-order valence-corrected chi connectivity index (χ3v) is 3.41. The molecule has 21 heavy (non-hydrogen) atoms. The summed E-state index contributed by atoms with van der Waals surface area (Å²) in [6, 6.07) is 5.90. The summed E-state index contributed by atoms with van der Waals surface area (Å²) in [5.41, 5.74) is 0.319. The Hall–Kier alpha value is -1.26. The molecule has 0 radical (unpaired) electrons. The van der Waals surface area contributed by atoms with Gasteiger partial charge in [0.05, 0.1) is 12.7 Å². The molecule has 1 aromatic rings. The third kappa shape index (κ3) is 6.36. The molecule has 1 rings (SSSR count). The number of rotatable bonds is 9. The van der Waals surface area contributed by atoms with Crippen LogP contribution < -0.4 is 14.8 Å². The van der Waals surface area contributed by atoms with Crippen LogP contribution >= 0.6 is 0 Å². The lowest BCUT2D eigenvalue weighted by atomic mass is 10.1. The number of ether oxygens (including phenoxy) is 2. The van der Waals surface area contributed by atoms with Crippen molar-refractivity contribution in [1.29, 1.82) is 0 Å². The fourth-order valence-electron chi connectivity index (χ4n) is 1.78. The quantitative estimate of drug-likeness (QED) is 0.735. The highest BCUT2D eigenvalue weighted by molar-refractivity contribution is 5.43. The van der Waals surface area contributed by atoms with Gasteiger partial charge in [0.25, 0.3) is 0 Å². The van der Waals surface area contributed by atoms with Gasteiger partial charge >= 0.3 is 0 Å². The summed E-state index contributed by atoms with van der Waals surface area (Å²) in [4.78, 5) is 0. The van der Waals surface area contributed by atoms with Crippen LogP contribution in [0.3, 0.4) is 0 Å². The van der Waals surface area contributed by atoms with E-state index in [4.69, 9.17) is 9.47 Å². The molecule has 0 aliphatic rings. The number of nitrogens with one attached hydrogen (secondary N) is 1. The Morgan fingerprint density at radius 1 is 1.29 bits per heavy atom. The monoisotopic (exact) mass is 295 g/mol. The van der Waals surface area contributed by atoms with Crippen molar-refractivity contribution in [2.45, 2.75) is 46.3 Å². The van der Waals surface area contributed by atoms with E-state index < -0.39 is 5.60 Å². The van der Waals surface area contributed by atoms with Crippen molar-refractivity contribution in [3.8, 4) is 11.5 Å². The van der Waals surface area contributed by atoms with Gasteiger partial charge in [-0.2, -0.15) is 0 Å². The van der Waals surface area contributed by atoms with Crippen LogP contribution in [0.15, 0.2) is 18.2 Å². The molecule has 0 aromatic heterocycles. The second-order valence-electron chi connectivity index (χ2n) is 6.15. The predicted molar refractivity (Wildman–Crippen MR) is 85.9 cm³/mol. The molecule has 4 heteroatoms. The minimum Gasteiger partial charge on any atom is -0.493 e. The third-order valence-electron chi connectivity index (χ3n) is 3.41. The van der Waals surface area contributed by atoms with E-state index >= 15 is 0 Å². The highest BCUT2D eigenvalue weighted by atomic mass is 16.5. The summed E-state index contributed by atoms with van der Waals surface area (Å²) in [5.74, 6) is 1.99. The van der Waals surface area contributed by atoms with Gasteiger partial charge in [-0.05, 0) is 43.5 Å². The van der Waals surface area contributed by atoms with Gasteiger partial charge < -0.3 is 19.9 Å². The molecule has 0 saturated heterocycles. The molecule has 0 fully saturated rings. The number of methoxy groups -OCH3 is 1. The smallest absolute Gasteiger partial charge is 0.161 e. The van der Waals surface area contributed by atoms with Crippen LogP contribution in [0, 0.1) is 5.92 Å². The average Bonchev–Trinajstić information content (AvgIpc) is 2.45. The first-order valence-corrected chi connectivity index (χ1v) is 7.60. The molecule has 0 bridgehead atoms. The first-order chi connectivity index (χ1) is 9.88. The maximum absolute atomic E-state index is 10.0. The largest absolute Gasteiger partial charge is 0.493 e. The fourth-order valence-corrected chi connectivity index (χ4v) is 1.78. The van der Waals surface area contributed by atoms with E-state index in [2.05, 4.69) is 19.2 Å². The van der Waals surface area contributed by atoms with E-state index in [0.29, 0.717) is 23.8 Å². The summed E-state index contributed by atoms with van der Waals surface area (Å²) >= 11 is 0. The molecular formula is C17H29NO3. The van der Waals surface area contributed by atoms with Crippen LogP contribution in [0.1, 0.15) is 39.7 Å². The van der Waals surface area contributed by atoms with Crippen molar-refractivity contribution in [1.82, 2.24) is 5.32 Å². The summed E-state index contributed by atoms with van der Waals surface area (Å²) in [6.07, 6.45) is 0.644. The van der Waals surface area contributed by atoms with Crippen molar-refractivity contribution in [3.63, 3.8) is 0 Å². The van der Waals surface area contributed by atoms with Gasteiger partial charge in [0.2, 0.25) is 0 Å². The summed E-state index contributed by atoms with van der Waals surface area (Å²) in [5, 5.41) is 13.4. The Morgan fingerprint density at radius 3 is 2.57 bits per heavy atom. The SMILES string of the molecule is CCC(C)(O)COc1cc(CNCC(C)C)ccc1OC. The van der Waals surface area contributed by atoms with E-state index in [9.17, 15) is 5.11 Å². The Balaban J connectivity index is 2.71. The predicted octanol–water partition coefficient (Wildman–Crippen LogP) is 2.98. The Bertz CT molecular complexity index is 430. The van der Waals surface area contributed by atoms with Gasteiger partial charge in [-0.15, -0.1) is 0 Å². The molecule has 2 N–H and O–H groups in total. The fraction of sp³-hybridized carbons (Fsp3) is 0.647. The second kappa shape index (κ2) is 8.25. The van der Waals surface area contributed by atoms with Gasteiger partial charge in [-0.3, -0.25) is 0 Å². The molecule has 0 spiro atoms. The van der Waals surface area contributed by atoms with Gasteiger partial charge in [0.15, 0.2) is 11.5 Å². The van der Waals surface area contributed by atoms with E-state index in [-0.39, 0.29) is 6.61 Å². The van der Waals surface area contributed by atoms with Crippen molar-refractivity contribution in [2.24, 2.45) is 5.92 Å². The van der Waals surface area contributed by atoms with Crippen molar-refractivity contribution >= 4 is 0 Å². The maximum atomic E-state index is 10.0. The molecule has 1 unspecified atom stereocenters. The standard InChI is InChI=1S/C17H29NO3/c1-6-17(4,19)12-21-16-9-14(7-8-15(16)20-5)11-18-10-13(2)3/h7-9,13,18-19H,6,10-12H2,1-5H3. The van der Waals surface area contributed by atoms with Crippen LogP contribution in [0.2, 0.25) is 0 Å². The van der Waals surface area contributed by atoms with Crippen LogP contribution in [-0.4, -0.2) is 31.0 Å². The first-order valence-electron chi connectivity index (χ1n) is 7.60. The van der Waals surface area contributed by atoms with Crippen LogP contribution in [-0.2, 0) is 6.54 Å². The molecule has 0 aliphatic carbocycles. The average molecular weight is 295 g/mol. The van der Waals surface area contributed by atoms with Crippen LogP contribution in [0.4, 0.5) is 0 Å². The lowest BCUT2D eigenvalue weighted by Crippen LogP contribution is -2.31. The molecule has 1 atom stereocenters. The Labute approximate surface area is 128 Å². The zero-order valence-corrected chi connectivity index (χ0v) is 13.9. The maximum Gasteiger partial charge on any atom is 0.161 e. The molecular weight excluding hydrogens is 266 g/mol. The van der Waals surface area contributed by atoms with Crippen molar-refractivity contribution in [2.75, 3.05) is 20.3 Å². The molecule has 1 aromatic carbocycles. The Kier molecular flexibility index (Phi) is 6.99. The zero-order chi connectivity index (χ0) is 15.9. The summed E-state index contributed by atoms with van der Waals surface area (Å²) < 4.78 is 11.1. The van der Waals surface area contributed by atoms with E-state index in [1.165, 1.54) is 0 Å². The Morgan fingerprint density at radius 2 is 2.00 bits per heavy atom. The van der Waals surface area contributed by atoms with E-state index in [0.717, 1.165) is 18.7 Å². The summed E-state index contributed by atoms with van der Waals surface area (Å²) in [7, 11) is 1.62. The van der Waals surface area contributed by atoms with Crippen LogP contribution in [0.25, 0.3) is 0 Å². The van der Waals surface area contributed by atoms with E-state index in [1.54, 1.807) is 14.0 Å². The molecule has 0 amide bonds. The minimum atomic E-state index is -0.823. The molecule has 120 valence electrons. The topological polar surface area (TPSA) is 50.7 Å². The van der Waals surface area contributed by atoms with Crippen molar-refractivity contribution < 1.29 is 14.6 Å². The van der Waals surface area contributed by atoms with E-state index in [1.807, 2.05) is 25.1 Å². The summed E-state index contributed by atoms with van der Waals surface area (Å²) in [6.45, 7) is 10.1. The van der Waals surface area contributed by atoms with Crippen molar-refractivity contribution in [3.05, 3.63) is 23.8 Å².